The first kappa shape index (κ1) is 14.8. The van der Waals surface area contributed by atoms with Crippen LogP contribution in [0.25, 0.3) is 11.3 Å². The maximum atomic E-state index is 12.2. The highest BCUT2D eigenvalue weighted by Crippen LogP contribution is 2.18. The Labute approximate surface area is 133 Å². The van der Waals surface area contributed by atoms with E-state index in [2.05, 4.69) is 20.5 Å². The molecule has 0 saturated carbocycles. The van der Waals surface area contributed by atoms with Crippen molar-refractivity contribution in [2.45, 2.75) is 6.54 Å². The normalized spacial score (nSPS) is 10.3. The third-order valence-electron chi connectivity index (χ3n) is 3.38. The van der Waals surface area contributed by atoms with Crippen molar-refractivity contribution >= 4 is 5.95 Å². The van der Waals surface area contributed by atoms with E-state index in [1.165, 1.54) is 0 Å². The first-order valence-electron chi connectivity index (χ1n) is 7.16. The molecule has 6 heteroatoms. The molecule has 0 unspecified atom stereocenters. The van der Waals surface area contributed by atoms with Gasteiger partial charge < -0.3 is 10.1 Å². The molecule has 23 heavy (non-hydrogen) atoms. The Morgan fingerprint density at radius 3 is 2.52 bits per heavy atom. The van der Waals surface area contributed by atoms with Gasteiger partial charge in [0.2, 0.25) is 5.95 Å². The van der Waals surface area contributed by atoms with Crippen LogP contribution in [0.5, 0.6) is 5.75 Å². The first-order chi connectivity index (χ1) is 11.3. The number of anilines is 1. The SMILES string of the molecule is COc1ccccc1CNc1nnc(-c2ccccc2)c(=O)[nH]1. The smallest absolute Gasteiger partial charge is 0.279 e. The average Bonchev–Trinajstić information content (AvgIpc) is 2.61. The minimum absolute atomic E-state index is 0.284. The summed E-state index contributed by atoms with van der Waals surface area (Å²) in [6, 6.07) is 16.9. The van der Waals surface area contributed by atoms with Crippen molar-refractivity contribution in [2.24, 2.45) is 0 Å². The summed E-state index contributed by atoms with van der Waals surface area (Å²) >= 11 is 0. The molecule has 0 aliphatic rings. The van der Waals surface area contributed by atoms with Gasteiger partial charge >= 0.3 is 0 Å². The second-order valence-corrected chi connectivity index (χ2v) is 4.88. The molecular weight excluding hydrogens is 292 g/mol. The van der Waals surface area contributed by atoms with Gasteiger partial charge in [-0.05, 0) is 6.07 Å². The van der Waals surface area contributed by atoms with Crippen LogP contribution in [0.15, 0.2) is 59.4 Å². The fourth-order valence-electron chi connectivity index (χ4n) is 2.23. The highest BCUT2D eigenvalue weighted by Gasteiger charge is 2.07. The van der Waals surface area contributed by atoms with E-state index >= 15 is 0 Å². The predicted octanol–water partition coefficient (Wildman–Crippen LogP) is 2.45. The fourth-order valence-corrected chi connectivity index (χ4v) is 2.23. The fraction of sp³-hybridized carbons (Fsp3) is 0.118. The number of aromatic nitrogens is 3. The van der Waals surface area contributed by atoms with Crippen LogP contribution in [0.1, 0.15) is 5.56 Å². The molecular formula is C17H16N4O2. The molecule has 2 aromatic carbocycles. The summed E-state index contributed by atoms with van der Waals surface area (Å²) in [5.74, 6) is 1.09. The lowest BCUT2D eigenvalue weighted by molar-refractivity contribution is 0.410. The van der Waals surface area contributed by atoms with Crippen LogP contribution < -0.4 is 15.6 Å². The average molecular weight is 308 g/mol. The van der Waals surface area contributed by atoms with E-state index in [4.69, 9.17) is 4.74 Å². The van der Waals surface area contributed by atoms with Crippen molar-refractivity contribution in [1.29, 1.82) is 0 Å². The molecule has 0 atom stereocenters. The number of benzene rings is 2. The van der Waals surface area contributed by atoms with Gasteiger partial charge in [0.1, 0.15) is 5.75 Å². The summed E-state index contributed by atoms with van der Waals surface area (Å²) in [7, 11) is 1.62. The molecule has 1 heterocycles. The van der Waals surface area contributed by atoms with Crippen molar-refractivity contribution in [1.82, 2.24) is 15.2 Å². The lowest BCUT2D eigenvalue weighted by Gasteiger charge is -2.09. The Balaban J connectivity index is 1.78. The van der Waals surface area contributed by atoms with Gasteiger partial charge in [-0.15, -0.1) is 10.2 Å². The van der Waals surface area contributed by atoms with E-state index < -0.39 is 0 Å². The van der Waals surface area contributed by atoms with Gasteiger partial charge in [0, 0.05) is 17.7 Å². The summed E-state index contributed by atoms with van der Waals surface area (Å²) in [5, 5.41) is 11.1. The highest BCUT2D eigenvalue weighted by molar-refractivity contribution is 5.57. The Morgan fingerprint density at radius 2 is 1.78 bits per heavy atom. The zero-order valence-electron chi connectivity index (χ0n) is 12.6. The largest absolute Gasteiger partial charge is 0.496 e. The predicted molar refractivity (Wildman–Crippen MR) is 88.4 cm³/mol. The summed E-state index contributed by atoms with van der Waals surface area (Å²) in [6.07, 6.45) is 0. The van der Waals surface area contributed by atoms with Gasteiger partial charge in [0.15, 0.2) is 5.69 Å². The number of para-hydroxylation sites is 1. The molecule has 0 saturated heterocycles. The minimum Gasteiger partial charge on any atom is -0.496 e. The Kier molecular flexibility index (Phi) is 4.33. The van der Waals surface area contributed by atoms with Crippen molar-refractivity contribution in [3.05, 3.63) is 70.5 Å². The molecule has 3 rings (SSSR count). The zero-order chi connectivity index (χ0) is 16.1. The van der Waals surface area contributed by atoms with E-state index in [-0.39, 0.29) is 5.56 Å². The molecule has 3 aromatic rings. The molecule has 0 fully saturated rings. The number of methoxy groups -OCH3 is 1. The van der Waals surface area contributed by atoms with Crippen LogP contribution in [-0.2, 0) is 6.54 Å². The second kappa shape index (κ2) is 6.74. The number of nitrogens with zero attached hydrogens (tertiary/aromatic N) is 2. The van der Waals surface area contributed by atoms with Gasteiger partial charge in [-0.3, -0.25) is 9.78 Å². The van der Waals surface area contributed by atoms with Crippen LogP contribution in [0.4, 0.5) is 5.95 Å². The summed E-state index contributed by atoms with van der Waals surface area (Å²) in [6.45, 7) is 0.472. The van der Waals surface area contributed by atoms with Crippen LogP contribution >= 0.6 is 0 Å². The van der Waals surface area contributed by atoms with E-state index in [0.717, 1.165) is 16.9 Å². The molecule has 116 valence electrons. The van der Waals surface area contributed by atoms with E-state index in [1.54, 1.807) is 7.11 Å². The Hall–Kier alpha value is -3.15. The maximum Gasteiger partial charge on any atom is 0.279 e. The standard InChI is InChI=1S/C17H16N4O2/c1-23-14-10-6-5-9-13(14)11-18-17-19-16(22)15(20-21-17)12-7-3-2-4-8-12/h2-10H,11H2,1H3,(H2,18,19,21,22). The van der Waals surface area contributed by atoms with Crippen LogP contribution in [0.3, 0.4) is 0 Å². The van der Waals surface area contributed by atoms with Crippen molar-refractivity contribution < 1.29 is 4.74 Å². The monoisotopic (exact) mass is 308 g/mol. The second-order valence-electron chi connectivity index (χ2n) is 4.88. The topological polar surface area (TPSA) is 79.9 Å². The van der Waals surface area contributed by atoms with Crippen LogP contribution in [0.2, 0.25) is 0 Å². The van der Waals surface area contributed by atoms with Crippen LogP contribution in [-0.4, -0.2) is 22.3 Å². The molecule has 0 amide bonds. The highest BCUT2D eigenvalue weighted by atomic mass is 16.5. The van der Waals surface area contributed by atoms with Crippen molar-refractivity contribution in [3.63, 3.8) is 0 Å². The Bertz CT molecular complexity index is 846. The van der Waals surface area contributed by atoms with Crippen molar-refractivity contribution in [3.8, 4) is 17.0 Å². The molecule has 0 aliphatic heterocycles. The molecule has 0 bridgehead atoms. The number of nitrogens with one attached hydrogen (secondary N) is 2. The minimum atomic E-state index is -0.284. The summed E-state index contributed by atoms with van der Waals surface area (Å²) in [5.41, 5.74) is 1.71. The van der Waals surface area contributed by atoms with E-state index in [1.807, 2.05) is 54.6 Å². The van der Waals surface area contributed by atoms with E-state index in [0.29, 0.717) is 18.2 Å². The third kappa shape index (κ3) is 3.37. The molecule has 0 spiro atoms. The first-order valence-corrected chi connectivity index (χ1v) is 7.16. The van der Waals surface area contributed by atoms with Gasteiger partial charge in [-0.1, -0.05) is 48.5 Å². The van der Waals surface area contributed by atoms with Gasteiger partial charge in [-0.2, -0.15) is 0 Å². The number of rotatable bonds is 5. The lowest BCUT2D eigenvalue weighted by atomic mass is 10.2. The third-order valence-corrected chi connectivity index (χ3v) is 3.38. The van der Waals surface area contributed by atoms with Crippen LogP contribution in [0, 0.1) is 0 Å². The number of aromatic amines is 1. The van der Waals surface area contributed by atoms with E-state index in [9.17, 15) is 4.79 Å². The quantitative estimate of drug-likeness (QED) is 0.757. The maximum absolute atomic E-state index is 12.2. The van der Waals surface area contributed by atoms with Gasteiger partial charge in [0.25, 0.3) is 5.56 Å². The molecule has 6 nitrogen and oxygen atoms in total. The number of hydrogen-bond donors (Lipinski definition) is 2. The van der Waals surface area contributed by atoms with Gasteiger partial charge in [-0.25, -0.2) is 0 Å². The number of ether oxygens (including phenoxy) is 1. The Morgan fingerprint density at radius 1 is 1.04 bits per heavy atom. The van der Waals surface area contributed by atoms with Crippen molar-refractivity contribution in [2.75, 3.05) is 12.4 Å². The molecule has 2 N–H and O–H groups in total. The lowest BCUT2D eigenvalue weighted by Crippen LogP contribution is -2.17. The number of hydrogen-bond acceptors (Lipinski definition) is 5. The summed E-state index contributed by atoms with van der Waals surface area (Å²) in [4.78, 5) is 14.9. The zero-order valence-corrected chi connectivity index (χ0v) is 12.6. The molecule has 0 radical (unpaired) electrons. The summed E-state index contributed by atoms with van der Waals surface area (Å²) < 4.78 is 5.29. The van der Waals surface area contributed by atoms with Gasteiger partial charge in [0.05, 0.1) is 7.11 Å². The molecule has 1 aromatic heterocycles. The molecule has 0 aliphatic carbocycles. The number of H-pyrrole nitrogens is 1.